The third kappa shape index (κ3) is 4.35. The van der Waals surface area contributed by atoms with Gasteiger partial charge in [0.05, 0.1) is 21.8 Å². The smallest absolute Gasteiger partial charge is 0.338 e. The van der Waals surface area contributed by atoms with Crippen molar-refractivity contribution in [2.75, 3.05) is 4.31 Å². The van der Waals surface area contributed by atoms with E-state index in [1.807, 2.05) is 19.1 Å². The number of esters is 1. The molecule has 0 saturated carbocycles. The number of ether oxygens (including phenoxy) is 1. The number of nitrogens with zero attached hydrogens (tertiary/aromatic N) is 3. The van der Waals surface area contributed by atoms with Crippen LogP contribution < -0.4 is 9.86 Å². The molecule has 1 atom stereocenters. The number of pyridine rings is 1. The van der Waals surface area contributed by atoms with Gasteiger partial charge in [0.2, 0.25) is 0 Å². The molecule has 0 spiro atoms. The van der Waals surface area contributed by atoms with Crippen molar-refractivity contribution >= 4 is 43.3 Å². The van der Waals surface area contributed by atoms with Crippen LogP contribution in [0.25, 0.3) is 5.65 Å². The molecule has 3 heterocycles. The van der Waals surface area contributed by atoms with Crippen LogP contribution >= 0.6 is 15.9 Å². The van der Waals surface area contributed by atoms with Gasteiger partial charge in [0.25, 0.3) is 15.6 Å². The maximum Gasteiger partial charge on any atom is 0.338 e. The van der Waals surface area contributed by atoms with Crippen molar-refractivity contribution in [3.05, 3.63) is 105 Å². The van der Waals surface area contributed by atoms with E-state index in [2.05, 4.69) is 20.9 Å². The predicted molar refractivity (Wildman–Crippen MR) is 134 cm³/mol. The second-order valence-electron chi connectivity index (χ2n) is 8.25. The van der Waals surface area contributed by atoms with Crippen molar-refractivity contribution in [2.45, 2.75) is 30.9 Å². The number of fused-ring (bicyclic) bond motifs is 2. The molecule has 0 bridgehead atoms. The Morgan fingerprint density at radius 1 is 1.11 bits per heavy atom. The molecular weight excluding hydrogens is 534 g/mol. The lowest BCUT2D eigenvalue weighted by molar-refractivity contribution is 0.0467. The Labute approximate surface area is 210 Å². The van der Waals surface area contributed by atoms with Crippen molar-refractivity contribution in [3.8, 4) is 0 Å². The normalized spacial score (nSPS) is 15.3. The van der Waals surface area contributed by atoms with Crippen LogP contribution in [0.5, 0.6) is 0 Å². The number of halogens is 1. The first-order valence-corrected chi connectivity index (χ1v) is 13.0. The highest BCUT2D eigenvalue weighted by Crippen LogP contribution is 2.36. The van der Waals surface area contributed by atoms with Gasteiger partial charge in [-0.1, -0.05) is 24.3 Å². The van der Waals surface area contributed by atoms with E-state index in [9.17, 15) is 18.0 Å². The Morgan fingerprint density at radius 3 is 2.74 bits per heavy atom. The van der Waals surface area contributed by atoms with Crippen molar-refractivity contribution in [1.82, 2.24) is 9.38 Å². The quantitative estimate of drug-likeness (QED) is 0.347. The van der Waals surface area contributed by atoms with Crippen molar-refractivity contribution < 1.29 is 17.9 Å². The SMILES string of the molecule is C[C@H]1Cc2ccccc2N1S(=O)(=O)c1cccc(C(=O)OCc2cc(=O)n3cc(Br)ccc3n2)c1. The highest BCUT2D eigenvalue weighted by molar-refractivity contribution is 9.10. The van der Waals surface area contributed by atoms with Gasteiger partial charge in [-0.15, -0.1) is 0 Å². The number of sulfonamides is 1. The summed E-state index contributed by atoms with van der Waals surface area (Å²) in [6.07, 6.45) is 2.22. The van der Waals surface area contributed by atoms with Crippen LogP contribution in [-0.2, 0) is 27.8 Å². The molecule has 0 saturated heterocycles. The molecule has 1 aliphatic rings. The molecule has 4 aromatic rings. The number of rotatable bonds is 5. The molecule has 1 aliphatic heterocycles. The first-order valence-electron chi connectivity index (χ1n) is 10.8. The van der Waals surface area contributed by atoms with Crippen LogP contribution in [0.15, 0.2) is 87.1 Å². The number of anilines is 1. The molecular formula is C25H20BrN3O5S. The third-order valence-corrected chi connectivity index (χ3v) is 8.19. The second kappa shape index (κ2) is 8.94. The van der Waals surface area contributed by atoms with Gasteiger partial charge in [0.1, 0.15) is 12.3 Å². The zero-order chi connectivity index (χ0) is 24.7. The Morgan fingerprint density at radius 2 is 1.91 bits per heavy atom. The van der Waals surface area contributed by atoms with Gasteiger partial charge < -0.3 is 4.74 Å². The number of aromatic nitrogens is 2. The second-order valence-corrected chi connectivity index (χ2v) is 11.0. The van der Waals surface area contributed by atoms with Gasteiger partial charge in [0.15, 0.2) is 0 Å². The first-order chi connectivity index (χ1) is 16.7. The van der Waals surface area contributed by atoms with Gasteiger partial charge >= 0.3 is 5.97 Å². The zero-order valence-corrected chi connectivity index (χ0v) is 21.0. The van der Waals surface area contributed by atoms with Gasteiger partial charge in [0, 0.05) is 22.8 Å². The number of hydrogen-bond acceptors (Lipinski definition) is 6. The van der Waals surface area contributed by atoms with E-state index in [-0.39, 0.29) is 34.4 Å². The summed E-state index contributed by atoms with van der Waals surface area (Å²) in [7, 11) is -3.89. The summed E-state index contributed by atoms with van der Waals surface area (Å²) >= 11 is 3.31. The van der Waals surface area contributed by atoms with Gasteiger partial charge in [-0.05, 0) is 71.2 Å². The summed E-state index contributed by atoms with van der Waals surface area (Å²) < 4.78 is 35.8. The minimum atomic E-state index is -3.89. The molecule has 0 N–H and O–H groups in total. The molecule has 2 aromatic heterocycles. The number of carbonyl (C=O) groups excluding carboxylic acids is 1. The monoisotopic (exact) mass is 553 g/mol. The lowest BCUT2D eigenvalue weighted by atomic mass is 10.1. The van der Waals surface area contributed by atoms with E-state index < -0.39 is 16.0 Å². The fourth-order valence-corrected chi connectivity index (χ4v) is 6.30. The maximum absolute atomic E-state index is 13.5. The highest BCUT2D eigenvalue weighted by atomic mass is 79.9. The third-order valence-electron chi connectivity index (χ3n) is 5.80. The molecule has 0 fully saturated rings. The molecule has 0 unspecified atom stereocenters. The minimum absolute atomic E-state index is 0.00292. The van der Waals surface area contributed by atoms with E-state index in [4.69, 9.17) is 4.74 Å². The largest absolute Gasteiger partial charge is 0.456 e. The standard InChI is InChI=1S/C25H20BrN3O5S/c1-16-11-17-5-2-3-8-22(17)29(16)35(32,33)21-7-4-6-18(12-21)25(31)34-15-20-13-24(30)28-14-19(26)9-10-23(28)27-20/h2-10,12-14,16H,11,15H2,1H3/t16-/m0/s1. The summed E-state index contributed by atoms with van der Waals surface area (Å²) in [6, 6.07) is 17.6. The Bertz CT molecular complexity index is 1630. The van der Waals surface area contributed by atoms with Gasteiger partial charge in [-0.25, -0.2) is 18.2 Å². The van der Waals surface area contributed by atoms with E-state index in [1.54, 1.807) is 30.5 Å². The summed E-state index contributed by atoms with van der Waals surface area (Å²) in [5.41, 5.74) is 2.10. The van der Waals surface area contributed by atoms with Crippen LogP contribution in [0, 0.1) is 0 Å². The Kier molecular flexibility index (Phi) is 5.94. The van der Waals surface area contributed by atoms with Gasteiger partial charge in [-0.2, -0.15) is 0 Å². The number of hydrogen-bond donors (Lipinski definition) is 0. The first kappa shape index (κ1) is 23.3. The lowest BCUT2D eigenvalue weighted by Crippen LogP contribution is -2.35. The van der Waals surface area contributed by atoms with Gasteiger partial charge in [-0.3, -0.25) is 13.5 Å². The fourth-order valence-electron chi connectivity index (χ4n) is 4.22. The average molecular weight is 554 g/mol. The summed E-state index contributed by atoms with van der Waals surface area (Å²) in [4.78, 5) is 29.4. The molecule has 2 aromatic carbocycles. The van der Waals surface area contributed by atoms with Crippen LogP contribution in [0.2, 0.25) is 0 Å². The van der Waals surface area contributed by atoms with E-state index in [0.717, 1.165) is 10.0 Å². The zero-order valence-electron chi connectivity index (χ0n) is 18.6. The van der Waals surface area contributed by atoms with Crippen LogP contribution in [0.3, 0.4) is 0 Å². The van der Waals surface area contributed by atoms with Crippen LogP contribution in [-0.4, -0.2) is 29.8 Å². The molecule has 178 valence electrons. The lowest BCUT2D eigenvalue weighted by Gasteiger charge is -2.24. The van der Waals surface area contributed by atoms with Crippen molar-refractivity contribution in [2.24, 2.45) is 0 Å². The average Bonchev–Trinajstić information content (AvgIpc) is 3.19. The van der Waals surface area contributed by atoms with E-state index in [0.29, 0.717) is 17.8 Å². The summed E-state index contributed by atoms with van der Waals surface area (Å²) in [5.74, 6) is -0.713. The van der Waals surface area contributed by atoms with Crippen molar-refractivity contribution in [1.29, 1.82) is 0 Å². The summed E-state index contributed by atoms with van der Waals surface area (Å²) in [6.45, 7) is 1.63. The minimum Gasteiger partial charge on any atom is -0.456 e. The Balaban J connectivity index is 1.37. The number of carbonyl (C=O) groups is 1. The highest BCUT2D eigenvalue weighted by Gasteiger charge is 2.36. The maximum atomic E-state index is 13.5. The van der Waals surface area contributed by atoms with Crippen LogP contribution in [0.4, 0.5) is 5.69 Å². The van der Waals surface area contributed by atoms with Crippen molar-refractivity contribution in [3.63, 3.8) is 0 Å². The summed E-state index contributed by atoms with van der Waals surface area (Å²) in [5, 5.41) is 0. The molecule has 0 aliphatic carbocycles. The molecule has 0 radical (unpaired) electrons. The topological polar surface area (TPSA) is 98.0 Å². The van der Waals surface area contributed by atoms with Crippen LogP contribution in [0.1, 0.15) is 28.5 Å². The number of para-hydroxylation sites is 1. The number of benzene rings is 2. The molecule has 8 nitrogen and oxygen atoms in total. The molecule has 5 rings (SSSR count). The molecule has 35 heavy (non-hydrogen) atoms. The van der Waals surface area contributed by atoms with E-state index >= 15 is 0 Å². The van der Waals surface area contributed by atoms with E-state index in [1.165, 1.54) is 39.0 Å². The molecule has 10 heteroatoms. The fraction of sp³-hybridized carbons (Fsp3) is 0.160. The predicted octanol–water partition coefficient (Wildman–Crippen LogP) is 3.95. The Hall–Kier alpha value is -3.50. The molecule has 0 amide bonds.